The number of nitrogens with zero attached hydrogens (tertiary/aromatic N) is 1. The van der Waals surface area contributed by atoms with Gasteiger partial charge in [0.2, 0.25) is 0 Å². The smallest absolute Gasteiger partial charge is 0.0134 e. The number of ether oxygens (including phenoxy) is 1. The molecule has 1 aromatic heterocycles. The summed E-state index contributed by atoms with van der Waals surface area (Å²) >= 11 is 3.33. The molecule has 0 spiro atoms. The summed E-state index contributed by atoms with van der Waals surface area (Å²) in [6, 6.07) is 74.6. The van der Waals surface area contributed by atoms with E-state index in [9.17, 15) is 0 Å². The molecule has 1 heterocycles. The van der Waals surface area contributed by atoms with Gasteiger partial charge in [-0.25, -0.2) is 4.98 Å². The quantitative estimate of drug-likeness (QED) is 0.0817. The summed E-state index contributed by atoms with van der Waals surface area (Å²) in [5, 5.41) is 9.49. The predicted molar refractivity (Wildman–Crippen MR) is 252 cm³/mol. The number of benzene rings is 7. The molecule has 8 rings (SSSR count). The van der Waals surface area contributed by atoms with E-state index in [1.165, 1.54) is 31.8 Å². The first-order valence-corrected chi connectivity index (χ1v) is 25.6. The maximum absolute atomic E-state index is 5.33. The van der Waals surface area contributed by atoms with Crippen molar-refractivity contribution in [1.29, 1.82) is 0 Å². The molecule has 8 heteroatoms. The molecular formula is C49H42BrCl2NOP2Pd. The Labute approximate surface area is 364 Å². The predicted octanol–water partition coefficient (Wildman–Crippen LogP) is 12.3. The second-order valence-electron chi connectivity index (χ2n) is 12.1. The van der Waals surface area contributed by atoms with E-state index < -0.39 is 15.8 Å². The van der Waals surface area contributed by atoms with E-state index in [4.69, 9.17) is 23.8 Å². The Balaban J connectivity index is 0.000000158. The van der Waals surface area contributed by atoms with Crippen molar-refractivity contribution in [2.45, 2.75) is 6.92 Å². The molecule has 2 nitrogen and oxygen atoms in total. The molecule has 0 amide bonds. The second-order valence-corrected chi connectivity index (χ2v) is 19.8. The number of hydrogen-bond acceptors (Lipinski definition) is 2. The molecule has 0 N–H and O–H groups in total. The molecule has 57 heavy (non-hydrogen) atoms. The van der Waals surface area contributed by atoms with Gasteiger partial charge in [-0.15, -0.1) is 0 Å². The zero-order valence-electron chi connectivity index (χ0n) is 31.3. The Hall–Kier alpha value is -3.93. The van der Waals surface area contributed by atoms with Gasteiger partial charge in [0, 0.05) is 9.86 Å². The zero-order valence-corrected chi connectivity index (χ0v) is 37.8. The van der Waals surface area contributed by atoms with Gasteiger partial charge in [0.25, 0.3) is 0 Å². The standard InChI is InChI=1S/2C18H15P.C13H12BrNO.2ClH.Pd/c2*1-4-10-16(11-5-1)19(17-12-6-2-7-13-17)18-14-8-3-9-15-18;1-3-16-9(2)12-6-4-10-8-11(14)5-7-13(10)15-12;;;/h2*1-15H;4-8H,2-3H2,1H3;2*1H;/q;;;;;+2/p-2. The summed E-state index contributed by atoms with van der Waals surface area (Å²) in [5.74, 6) is 0.618. The fourth-order valence-corrected chi connectivity index (χ4v) is 10.8. The number of fused-ring (bicyclic) bond motifs is 1. The monoisotopic (exact) mass is 977 g/mol. The first-order chi connectivity index (χ1) is 28.0. The Kier molecular flexibility index (Phi) is 19.2. The van der Waals surface area contributed by atoms with Gasteiger partial charge in [0.15, 0.2) is 0 Å². The van der Waals surface area contributed by atoms with Crippen LogP contribution in [0.5, 0.6) is 0 Å². The van der Waals surface area contributed by atoms with Crippen LogP contribution in [-0.2, 0) is 20.7 Å². The van der Waals surface area contributed by atoms with E-state index in [0.29, 0.717) is 12.4 Å². The minimum atomic E-state index is -0.446. The summed E-state index contributed by atoms with van der Waals surface area (Å²) < 4.78 is 6.39. The maximum Gasteiger partial charge on any atom is -0.0134 e. The van der Waals surface area contributed by atoms with Crippen molar-refractivity contribution in [1.82, 2.24) is 4.98 Å². The van der Waals surface area contributed by atoms with Crippen LogP contribution in [-0.4, -0.2) is 11.6 Å². The molecular weight excluding hydrogens is 938 g/mol. The molecule has 0 saturated carbocycles. The third kappa shape index (κ3) is 13.9. The van der Waals surface area contributed by atoms with Gasteiger partial charge in [-0.05, 0) is 78.9 Å². The molecule has 7 aromatic carbocycles. The third-order valence-electron chi connectivity index (χ3n) is 8.34. The van der Waals surface area contributed by atoms with E-state index in [1.54, 1.807) is 0 Å². The molecule has 290 valence electrons. The summed E-state index contributed by atoms with van der Waals surface area (Å²) in [7, 11) is 8.74. The largest absolute Gasteiger partial charge is 0.0622 e. The molecule has 0 bridgehead atoms. The van der Waals surface area contributed by atoms with Crippen molar-refractivity contribution >= 4 is 99.3 Å². The SMILES string of the molecule is C=C(OCC)c1ccc2cc(Br)ccc2n1.[Cl][Pd][Cl].c1ccc(P(c2ccccc2)c2ccccc2)cc1.c1ccc(P(c2ccccc2)c2ccccc2)cc1. The number of pyridine rings is 1. The van der Waals surface area contributed by atoms with Gasteiger partial charge < -0.3 is 4.74 Å². The van der Waals surface area contributed by atoms with Gasteiger partial charge in [-0.2, -0.15) is 0 Å². The van der Waals surface area contributed by atoms with E-state index >= 15 is 0 Å². The summed E-state index contributed by atoms with van der Waals surface area (Å²) in [6.07, 6.45) is 0. The minimum Gasteiger partial charge on any atom is -0.0622 e. The Morgan fingerprint density at radius 2 is 0.842 bits per heavy atom. The van der Waals surface area contributed by atoms with E-state index in [1.807, 2.05) is 37.3 Å². The van der Waals surface area contributed by atoms with Gasteiger partial charge in [-0.1, -0.05) is 211 Å². The van der Waals surface area contributed by atoms with Crippen molar-refractivity contribution in [3.8, 4) is 0 Å². The Bertz CT molecular complexity index is 2040. The number of hydrogen-bond donors (Lipinski definition) is 0. The van der Waals surface area contributed by atoms with Crippen molar-refractivity contribution in [3.05, 3.63) is 229 Å². The molecule has 0 radical (unpaired) electrons. The van der Waals surface area contributed by atoms with Gasteiger partial charge in [0.1, 0.15) is 11.5 Å². The van der Waals surface area contributed by atoms with Crippen LogP contribution < -0.4 is 31.8 Å². The van der Waals surface area contributed by atoms with E-state index in [-0.39, 0.29) is 15.9 Å². The van der Waals surface area contributed by atoms with Crippen LogP contribution in [0, 0.1) is 0 Å². The average molecular weight is 980 g/mol. The van der Waals surface area contributed by atoms with Crippen molar-refractivity contribution in [2.24, 2.45) is 0 Å². The minimum absolute atomic E-state index is 0.106. The van der Waals surface area contributed by atoms with Crippen LogP contribution in [0.3, 0.4) is 0 Å². The van der Waals surface area contributed by atoms with Crippen LogP contribution >= 0.6 is 50.8 Å². The Morgan fingerprint density at radius 3 is 1.14 bits per heavy atom. The molecule has 0 fully saturated rings. The first kappa shape index (κ1) is 44.2. The van der Waals surface area contributed by atoms with Gasteiger partial charge in [-0.3, -0.25) is 0 Å². The third-order valence-corrected chi connectivity index (χ3v) is 13.7. The van der Waals surface area contributed by atoms with Crippen molar-refractivity contribution < 1.29 is 20.7 Å². The Morgan fingerprint density at radius 1 is 0.526 bits per heavy atom. The summed E-state index contributed by atoms with van der Waals surface area (Å²) in [6.45, 7) is 6.39. The van der Waals surface area contributed by atoms with Crippen LogP contribution in [0.15, 0.2) is 223 Å². The molecule has 0 unspecified atom stereocenters. The summed E-state index contributed by atoms with van der Waals surface area (Å²) in [5.41, 5.74) is 1.73. The molecule has 0 saturated heterocycles. The maximum atomic E-state index is 5.33. The molecule has 0 atom stereocenters. The van der Waals surface area contributed by atoms with Crippen LogP contribution in [0.1, 0.15) is 12.6 Å². The first-order valence-electron chi connectivity index (χ1n) is 18.1. The zero-order chi connectivity index (χ0) is 40.1. The second kappa shape index (κ2) is 24.8. The number of aromatic nitrogens is 1. The molecule has 8 aromatic rings. The van der Waals surface area contributed by atoms with E-state index in [2.05, 4.69) is 209 Å². The van der Waals surface area contributed by atoms with Crippen LogP contribution in [0.4, 0.5) is 0 Å². The van der Waals surface area contributed by atoms with Gasteiger partial charge >= 0.3 is 35.0 Å². The van der Waals surface area contributed by atoms with Crippen LogP contribution in [0.25, 0.3) is 16.7 Å². The van der Waals surface area contributed by atoms with Crippen molar-refractivity contribution in [2.75, 3.05) is 6.61 Å². The van der Waals surface area contributed by atoms with Crippen LogP contribution in [0.2, 0.25) is 0 Å². The molecule has 0 aliphatic heterocycles. The van der Waals surface area contributed by atoms with E-state index in [0.717, 1.165) is 21.1 Å². The number of rotatable bonds is 9. The molecule has 0 aliphatic carbocycles. The molecule has 0 aliphatic rings. The average Bonchev–Trinajstić information content (AvgIpc) is 3.27. The fourth-order valence-electron chi connectivity index (χ4n) is 5.86. The summed E-state index contributed by atoms with van der Waals surface area (Å²) in [4.78, 5) is 4.49. The normalized spacial score (nSPS) is 10.4. The van der Waals surface area contributed by atoms with Crippen molar-refractivity contribution in [3.63, 3.8) is 0 Å². The van der Waals surface area contributed by atoms with Gasteiger partial charge in [0.05, 0.1) is 12.1 Å². The topological polar surface area (TPSA) is 22.1 Å². The fraction of sp³-hybridized carbons (Fsp3) is 0.0408. The number of halogens is 3.